The van der Waals surface area contributed by atoms with Crippen LogP contribution >= 0.6 is 0 Å². The number of anilines is 1. The Labute approximate surface area is 105 Å². The minimum absolute atomic E-state index is 0.213. The van der Waals surface area contributed by atoms with Crippen molar-refractivity contribution in [2.75, 3.05) is 5.32 Å². The van der Waals surface area contributed by atoms with Gasteiger partial charge in [-0.1, -0.05) is 42.5 Å². The first-order valence-electron chi connectivity index (χ1n) is 5.79. The molecule has 2 nitrogen and oxygen atoms in total. The molecule has 2 aromatic rings. The lowest BCUT2D eigenvalue weighted by Crippen LogP contribution is -2.19. The van der Waals surface area contributed by atoms with E-state index in [1.165, 1.54) is 6.07 Å². The summed E-state index contributed by atoms with van der Waals surface area (Å²) in [5.41, 5.74) is 1.12. The molecule has 0 saturated carbocycles. The summed E-state index contributed by atoms with van der Waals surface area (Å²) in [6.45, 7) is 1.80. The summed E-state index contributed by atoms with van der Waals surface area (Å²) in [4.78, 5) is 12.0. The van der Waals surface area contributed by atoms with Gasteiger partial charge in [0.05, 0.1) is 11.6 Å². The molecule has 0 aliphatic carbocycles. The molecule has 0 aromatic heterocycles. The third kappa shape index (κ3) is 2.74. The van der Waals surface area contributed by atoms with Gasteiger partial charge in [0, 0.05) is 0 Å². The normalized spacial score (nSPS) is 11.9. The van der Waals surface area contributed by atoms with E-state index in [1.807, 2.05) is 30.3 Å². The van der Waals surface area contributed by atoms with Gasteiger partial charge in [0.1, 0.15) is 5.82 Å². The van der Waals surface area contributed by atoms with Gasteiger partial charge in [-0.3, -0.25) is 4.79 Å². The van der Waals surface area contributed by atoms with Crippen LogP contribution in [0.1, 0.15) is 18.4 Å². The van der Waals surface area contributed by atoms with Crippen molar-refractivity contribution in [1.29, 1.82) is 0 Å². The largest absolute Gasteiger partial charge is 0.323 e. The minimum atomic E-state index is -0.425. The molecule has 0 fully saturated rings. The van der Waals surface area contributed by atoms with Crippen molar-refractivity contribution in [1.82, 2.24) is 0 Å². The van der Waals surface area contributed by atoms with Gasteiger partial charge in [-0.15, -0.1) is 0 Å². The maximum atomic E-state index is 13.4. The second-order valence-electron chi connectivity index (χ2n) is 4.10. The summed E-state index contributed by atoms with van der Waals surface area (Å²) in [7, 11) is 0. The Morgan fingerprint density at radius 2 is 1.67 bits per heavy atom. The first-order valence-corrected chi connectivity index (χ1v) is 5.79. The van der Waals surface area contributed by atoms with Crippen molar-refractivity contribution in [2.45, 2.75) is 12.8 Å². The van der Waals surface area contributed by atoms with Gasteiger partial charge in [0.25, 0.3) is 0 Å². The zero-order valence-electron chi connectivity index (χ0n) is 10.1. The molecular weight excluding hydrogens is 229 g/mol. The van der Waals surface area contributed by atoms with Crippen molar-refractivity contribution < 1.29 is 9.18 Å². The van der Waals surface area contributed by atoms with Crippen LogP contribution in [0.3, 0.4) is 0 Å². The van der Waals surface area contributed by atoms with E-state index >= 15 is 0 Å². The Hall–Kier alpha value is -2.16. The summed E-state index contributed by atoms with van der Waals surface area (Å²) in [5, 5.41) is 2.59. The molecule has 2 aromatic carbocycles. The molecule has 0 aliphatic rings. The smallest absolute Gasteiger partial charge is 0.231 e. The first-order chi connectivity index (χ1) is 8.68. The molecule has 0 aliphatic heterocycles. The monoisotopic (exact) mass is 243 g/mol. The van der Waals surface area contributed by atoms with Crippen molar-refractivity contribution in [3.05, 3.63) is 66.0 Å². The number of hydrogen-bond donors (Lipinski definition) is 1. The first kappa shape index (κ1) is 12.3. The molecule has 2 rings (SSSR count). The summed E-state index contributed by atoms with van der Waals surface area (Å²) in [5.74, 6) is -0.955. The third-order valence-electron chi connectivity index (χ3n) is 2.82. The van der Waals surface area contributed by atoms with E-state index in [2.05, 4.69) is 5.32 Å². The van der Waals surface area contributed by atoms with Crippen LogP contribution in [-0.2, 0) is 4.79 Å². The number of benzene rings is 2. The molecule has 92 valence electrons. The van der Waals surface area contributed by atoms with Gasteiger partial charge in [0.15, 0.2) is 0 Å². The van der Waals surface area contributed by atoms with Crippen LogP contribution in [0, 0.1) is 5.82 Å². The highest BCUT2D eigenvalue weighted by molar-refractivity contribution is 5.95. The number of para-hydroxylation sites is 1. The highest BCUT2D eigenvalue weighted by Gasteiger charge is 2.15. The highest BCUT2D eigenvalue weighted by atomic mass is 19.1. The summed E-state index contributed by atoms with van der Waals surface area (Å²) in [6, 6.07) is 15.6. The van der Waals surface area contributed by atoms with Gasteiger partial charge < -0.3 is 5.32 Å². The number of carbonyl (C=O) groups excluding carboxylic acids is 1. The van der Waals surface area contributed by atoms with Gasteiger partial charge in [0.2, 0.25) is 5.91 Å². The molecule has 0 radical (unpaired) electrons. The van der Waals surface area contributed by atoms with Crippen molar-refractivity contribution >= 4 is 11.6 Å². The lowest BCUT2D eigenvalue weighted by Gasteiger charge is -2.12. The standard InChI is InChI=1S/C15H14FNO/c1-11(12-7-3-2-4-8-12)15(18)17-14-10-6-5-9-13(14)16/h2-11H,1H3,(H,17,18)/t11-/m0/s1. The van der Waals surface area contributed by atoms with E-state index < -0.39 is 5.82 Å². The number of halogens is 1. The summed E-state index contributed by atoms with van der Waals surface area (Å²) in [6.07, 6.45) is 0. The molecule has 3 heteroatoms. The topological polar surface area (TPSA) is 29.1 Å². The third-order valence-corrected chi connectivity index (χ3v) is 2.82. The zero-order chi connectivity index (χ0) is 13.0. The number of nitrogens with one attached hydrogen (secondary N) is 1. The van der Waals surface area contributed by atoms with Gasteiger partial charge in [-0.25, -0.2) is 4.39 Å². The van der Waals surface area contributed by atoms with Gasteiger partial charge in [-0.2, -0.15) is 0 Å². The number of hydrogen-bond acceptors (Lipinski definition) is 1. The fraction of sp³-hybridized carbons (Fsp3) is 0.133. The van der Waals surface area contributed by atoms with Crippen LogP contribution in [0.2, 0.25) is 0 Å². The molecule has 18 heavy (non-hydrogen) atoms. The maximum absolute atomic E-state index is 13.4. The fourth-order valence-electron chi connectivity index (χ4n) is 1.70. The Morgan fingerprint density at radius 1 is 1.06 bits per heavy atom. The molecular formula is C15H14FNO. The molecule has 1 N–H and O–H groups in total. The highest BCUT2D eigenvalue weighted by Crippen LogP contribution is 2.19. The Morgan fingerprint density at radius 3 is 2.33 bits per heavy atom. The van der Waals surface area contributed by atoms with Crippen molar-refractivity contribution in [3.63, 3.8) is 0 Å². The Balaban J connectivity index is 2.12. The summed E-state index contributed by atoms with van der Waals surface area (Å²) < 4.78 is 13.4. The van der Waals surface area contributed by atoms with Crippen LogP contribution in [-0.4, -0.2) is 5.91 Å². The van der Waals surface area contributed by atoms with Crippen LogP contribution in [0.25, 0.3) is 0 Å². The molecule has 1 amide bonds. The van der Waals surface area contributed by atoms with Crippen molar-refractivity contribution in [3.8, 4) is 0 Å². The fourth-order valence-corrected chi connectivity index (χ4v) is 1.70. The summed E-state index contributed by atoms with van der Waals surface area (Å²) >= 11 is 0. The Bertz CT molecular complexity index is 539. The SMILES string of the molecule is C[C@H](C(=O)Nc1ccccc1F)c1ccccc1. The van der Waals surface area contributed by atoms with Crippen LogP contribution in [0.4, 0.5) is 10.1 Å². The minimum Gasteiger partial charge on any atom is -0.323 e. The number of rotatable bonds is 3. The van der Waals surface area contributed by atoms with E-state index in [4.69, 9.17) is 0 Å². The van der Waals surface area contributed by atoms with E-state index in [9.17, 15) is 9.18 Å². The van der Waals surface area contributed by atoms with E-state index in [1.54, 1.807) is 25.1 Å². The molecule has 0 spiro atoms. The lowest BCUT2D eigenvalue weighted by atomic mass is 10.0. The van der Waals surface area contributed by atoms with Crippen LogP contribution < -0.4 is 5.32 Å². The molecule has 0 unspecified atom stereocenters. The van der Waals surface area contributed by atoms with Crippen LogP contribution in [0.5, 0.6) is 0 Å². The van der Waals surface area contributed by atoms with E-state index in [-0.39, 0.29) is 17.5 Å². The van der Waals surface area contributed by atoms with Gasteiger partial charge in [-0.05, 0) is 24.6 Å². The van der Waals surface area contributed by atoms with Crippen LogP contribution in [0.15, 0.2) is 54.6 Å². The van der Waals surface area contributed by atoms with Crippen molar-refractivity contribution in [2.24, 2.45) is 0 Å². The maximum Gasteiger partial charge on any atom is 0.231 e. The second-order valence-corrected chi connectivity index (χ2v) is 4.10. The van der Waals surface area contributed by atoms with E-state index in [0.29, 0.717) is 0 Å². The predicted molar refractivity (Wildman–Crippen MR) is 69.9 cm³/mol. The van der Waals surface area contributed by atoms with E-state index in [0.717, 1.165) is 5.56 Å². The average Bonchev–Trinajstić information content (AvgIpc) is 2.41. The lowest BCUT2D eigenvalue weighted by molar-refractivity contribution is -0.117. The zero-order valence-corrected chi connectivity index (χ0v) is 10.1. The Kier molecular flexibility index (Phi) is 3.72. The molecule has 0 heterocycles. The molecule has 1 atom stereocenters. The number of carbonyl (C=O) groups is 1. The number of amides is 1. The quantitative estimate of drug-likeness (QED) is 0.877. The average molecular weight is 243 g/mol. The predicted octanol–water partition coefficient (Wildman–Crippen LogP) is 3.57. The second kappa shape index (κ2) is 5.45. The molecule has 0 bridgehead atoms. The molecule has 0 saturated heterocycles. The van der Waals surface area contributed by atoms with Gasteiger partial charge >= 0.3 is 0 Å².